The Bertz CT molecular complexity index is 871. The number of aromatic nitrogens is 1. The molecular formula is C16H16N4O5. The number of hydrogen-bond donors (Lipinski definition) is 2. The number of aromatic amines is 1. The van der Waals surface area contributed by atoms with Crippen LogP contribution in [0.3, 0.4) is 0 Å². The Kier molecular flexibility index (Phi) is 4.38. The lowest BCUT2D eigenvalue weighted by atomic mass is 10.2. The Labute approximate surface area is 142 Å². The minimum Gasteiger partial charge on any atom is -0.463 e. The number of furan rings is 1. The Morgan fingerprint density at radius 1 is 1.20 bits per heavy atom. The van der Waals surface area contributed by atoms with Crippen LogP contribution in [0, 0.1) is 0 Å². The average molecular weight is 344 g/mol. The third-order valence-corrected chi connectivity index (χ3v) is 3.88. The molecule has 1 aliphatic rings. The number of nitrogens with zero attached hydrogens (tertiary/aromatic N) is 2. The molecule has 3 rings (SSSR count). The first kappa shape index (κ1) is 16.5. The van der Waals surface area contributed by atoms with Gasteiger partial charge in [0.25, 0.3) is 11.5 Å². The molecular weight excluding hydrogens is 328 g/mol. The minimum absolute atomic E-state index is 0.0635. The van der Waals surface area contributed by atoms with Crippen LogP contribution in [0.15, 0.2) is 39.7 Å². The number of pyridine rings is 1. The zero-order valence-corrected chi connectivity index (χ0v) is 13.2. The van der Waals surface area contributed by atoms with Gasteiger partial charge in [-0.2, -0.15) is 0 Å². The molecule has 0 unspecified atom stereocenters. The maximum atomic E-state index is 12.5. The van der Waals surface area contributed by atoms with Crippen molar-refractivity contribution < 1.29 is 18.8 Å². The lowest BCUT2D eigenvalue weighted by molar-refractivity contribution is -0.138. The van der Waals surface area contributed by atoms with Crippen LogP contribution < -0.4 is 11.3 Å². The number of piperazine rings is 1. The molecule has 0 bridgehead atoms. The fourth-order valence-electron chi connectivity index (χ4n) is 2.63. The zero-order valence-electron chi connectivity index (χ0n) is 13.2. The highest BCUT2D eigenvalue weighted by atomic mass is 16.3. The van der Waals surface area contributed by atoms with E-state index in [9.17, 15) is 19.2 Å². The number of carbonyl (C=O) groups excluding carboxylic acids is 3. The van der Waals surface area contributed by atoms with Crippen LogP contribution in [-0.4, -0.2) is 58.7 Å². The van der Waals surface area contributed by atoms with Crippen LogP contribution in [0.5, 0.6) is 0 Å². The molecule has 2 aromatic heterocycles. The molecule has 0 saturated carbocycles. The standard InChI is InChI=1S/C16H16N4O5/c17-13(21)8-19-5-6-20(9-14(19)22)16(24)10-3-4-11(18-15(10)23)12-2-1-7-25-12/h1-4,7H,5-6,8-9H2,(H2,17,21)(H,18,23). The van der Waals surface area contributed by atoms with Gasteiger partial charge in [-0.25, -0.2) is 0 Å². The van der Waals surface area contributed by atoms with Crippen LogP contribution in [0.2, 0.25) is 0 Å². The molecule has 0 spiro atoms. The van der Waals surface area contributed by atoms with Gasteiger partial charge in [-0.05, 0) is 24.3 Å². The number of hydrogen-bond acceptors (Lipinski definition) is 5. The van der Waals surface area contributed by atoms with Gasteiger partial charge in [0.2, 0.25) is 11.8 Å². The molecule has 0 atom stereocenters. The Morgan fingerprint density at radius 2 is 2.00 bits per heavy atom. The van der Waals surface area contributed by atoms with Crippen molar-refractivity contribution >= 4 is 17.7 Å². The first-order chi connectivity index (χ1) is 12.0. The van der Waals surface area contributed by atoms with Crippen LogP contribution >= 0.6 is 0 Å². The van der Waals surface area contributed by atoms with Gasteiger partial charge >= 0.3 is 0 Å². The summed E-state index contributed by atoms with van der Waals surface area (Å²) in [5.41, 5.74) is 4.90. The second-order valence-corrected chi connectivity index (χ2v) is 5.60. The van der Waals surface area contributed by atoms with Crippen LogP contribution in [0.4, 0.5) is 0 Å². The van der Waals surface area contributed by atoms with Gasteiger partial charge in [0.15, 0.2) is 0 Å². The van der Waals surface area contributed by atoms with Crippen LogP contribution in [0.25, 0.3) is 11.5 Å². The molecule has 0 aliphatic carbocycles. The Balaban J connectivity index is 1.75. The number of rotatable bonds is 4. The van der Waals surface area contributed by atoms with Crippen molar-refractivity contribution in [2.24, 2.45) is 5.73 Å². The Hall–Kier alpha value is -3.36. The largest absolute Gasteiger partial charge is 0.463 e. The van der Waals surface area contributed by atoms with Gasteiger partial charge < -0.3 is 24.9 Å². The van der Waals surface area contributed by atoms with Crippen molar-refractivity contribution in [1.29, 1.82) is 0 Å². The third kappa shape index (κ3) is 3.44. The average Bonchev–Trinajstić information content (AvgIpc) is 3.10. The third-order valence-electron chi connectivity index (χ3n) is 3.88. The summed E-state index contributed by atoms with van der Waals surface area (Å²) < 4.78 is 5.20. The molecule has 0 aromatic carbocycles. The molecule has 9 nitrogen and oxygen atoms in total. The summed E-state index contributed by atoms with van der Waals surface area (Å²) in [5.74, 6) is -1.06. The van der Waals surface area contributed by atoms with Gasteiger partial charge in [0.1, 0.15) is 17.9 Å². The van der Waals surface area contributed by atoms with Gasteiger partial charge in [0, 0.05) is 13.1 Å². The van der Waals surface area contributed by atoms with Crippen molar-refractivity contribution in [1.82, 2.24) is 14.8 Å². The van der Waals surface area contributed by atoms with Gasteiger partial charge in [-0.1, -0.05) is 0 Å². The van der Waals surface area contributed by atoms with E-state index in [0.29, 0.717) is 11.5 Å². The van der Waals surface area contributed by atoms with E-state index in [2.05, 4.69) is 4.98 Å². The van der Waals surface area contributed by atoms with Gasteiger partial charge in [-0.3, -0.25) is 19.2 Å². The highest BCUT2D eigenvalue weighted by Gasteiger charge is 2.29. The monoisotopic (exact) mass is 344 g/mol. The lowest BCUT2D eigenvalue weighted by Crippen LogP contribution is -2.54. The van der Waals surface area contributed by atoms with E-state index < -0.39 is 17.4 Å². The Morgan fingerprint density at radius 3 is 2.60 bits per heavy atom. The second-order valence-electron chi connectivity index (χ2n) is 5.60. The van der Waals surface area contributed by atoms with Gasteiger partial charge in [-0.15, -0.1) is 0 Å². The molecule has 3 N–H and O–H groups in total. The summed E-state index contributed by atoms with van der Waals surface area (Å²) in [6, 6.07) is 6.34. The van der Waals surface area contributed by atoms with E-state index in [1.807, 2.05) is 0 Å². The van der Waals surface area contributed by atoms with Crippen LogP contribution in [-0.2, 0) is 9.59 Å². The molecule has 0 radical (unpaired) electrons. The molecule has 25 heavy (non-hydrogen) atoms. The number of H-pyrrole nitrogens is 1. The maximum absolute atomic E-state index is 12.5. The molecule has 9 heteroatoms. The molecule has 130 valence electrons. The first-order valence-electron chi connectivity index (χ1n) is 7.58. The molecule has 3 amide bonds. The highest BCUT2D eigenvalue weighted by Crippen LogP contribution is 2.16. The predicted molar refractivity (Wildman–Crippen MR) is 86.4 cm³/mol. The number of amides is 3. The van der Waals surface area contributed by atoms with Crippen molar-refractivity contribution in [2.45, 2.75) is 0 Å². The zero-order chi connectivity index (χ0) is 18.0. The molecule has 1 fully saturated rings. The smallest absolute Gasteiger partial charge is 0.261 e. The summed E-state index contributed by atoms with van der Waals surface area (Å²) in [5, 5.41) is 0. The van der Waals surface area contributed by atoms with E-state index in [4.69, 9.17) is 10.2 Å². The summed E-state index contributed by atoms with van der Waals surface area (Å²) >= 11 is 0. The van der Waals surface area contributed by atoms with Crippen molar-refractivity contribution in [3.8, 4) is 11.5 Å². The summed E-state index contributed by atoms with van der Waals surface area (Å²) in [6.07, 6.45) is 1.48. The minimum atomic E-state index is -0.613. The van der Waals surface area contributed by atoms with E-state index in [-0.39, 0.29) is 37.6 Å². The normalized spacial score (nSPS) is 14.6. The highest BCUT2D eigenvalue weighted by molar-refractivity contribution is 5.97. The quantitative estimate of drug-likeness (QED) is 0.765. The number of nitrogens with one attached hydrogen (secondary N) is 1. The summed E-state index contributed by atoms with van der Waals surface area (Å²) in [7, 11) is 0. The maximum Gasteiger partial charge on any atom is 0.261 e. The first-order valence-corrected chi connectivity index (χ1v) is 7.58. The van der Waals surface area contributed by atoms with Crippen molar-refractivity contribution in [3.63, 3.8) is 0 Å². The molecule has 2 aromatic rings. The van der Waals surface area contributed by atoms with E-state index in [1.54, 1.807) is 18.2 Å². The van der Waals surface area contributed by atoms with Crippen molar-refractivity contribution in [2.75, 3.05) is 26.2 Å². The fourth-order valence-corrected chi connectivity index (χ4v) is 2.63. The lowest BCUT2D eigenvalue weighted by Gasteiger charge is -2.33. The number of nitrogens with two attached hydrogens (primary N) is 1. The van der Waals surface area contributed by atoms with E-state index >= 15 is 0 Å². The number of carbonyl (C=O) groups is 3. The van der Waals surface area contributed by atoms with E-state index in [0.717, 1.165) is 0 Å². The number of primary amides is 1. The SMILES string of the molecule is NC(=O)CN1CCN(C(=O)c2ccc(-c3ccco3)[nH]c2=O)CC1=O. The summed E-state index contributed by atoms with van der Waals surface area (Å²) in [6.45, 7) is 0.0257. The second kappa shape index (κ2) is 6.63. The molecule has 1 aliphatic heterocycles. The fraction of sp³-hybridized carbons (Fsp3) is 0.250. The van der Waals surface area contributed by atoms with Crippen molar-refractivity contribution in [3.05, 3.63) is 46.4 Å². The topological polar surface area (TPSA) is 130 Å². The van der Waals surface area contributed by atoms with Gasteiger partial charge in [0.05, 0.1) is 18.5 Å². The van der Waals surface area contributed by atoms with E-state index in [1.165, 1.54) is 22.1 Å². The van der Waals surface area contributed by atoms with Crippen LogP contribution in [0.1, 0.15) is 10.4 Å². The summed E-state index contributed by atoms with van der Waals surface area (Å²) in [4.78, 5) is 52.8. The molecule has 3 heterocycles. The molecule has 1 saturated heterocycles. The predicted octanol–water partition coefficient (Wildman–Crippen LogP) is -0.595.